The minimum Gasteiger partial charge on any atom is -0.409 e. The van der Waals surface area contributed by atoms with Crippen molar-refractivity contribution in [2.75, 3.05) is 38.1 Å². The average molecular weight is 297 g/mol. The van der Waals surface area contributed by atoms with Gasteiger partial charge in [-0.05, 0) is 38.1 Å². The summed E-state index contributed by atoms with van der Waals surface area (Å²) in [7, 11) is 2.00. The number of anilines is 1. The number of likely N-dealkylation sites (tertiary alicyclic amines) is 1. The summed E-state index contributed by atoms with van der Waals surface area (Å²) in [6.07, 6.45) is 2.58. The third-order valence-corrected chi connectivity index (χ3v) is 4.03. The van der Waals surface area contributed by atoms with Crippen LogP contribution in [-0.4, -0.2) is 49.2 Å². The Morgan fingerprint density at radius 1 is 1.45 bits per heavy atom. The van der Waals surface area contributed by atoms with Crippen molar-refractivity contribution in [3.8, 4) is 0 Å². The second kappa shape index (κ2) is 6.81. The number of nitrogens with zero attached hydrogens (tertiary/aromatic N) is 3. The second-order valence-corrected chi connectivity index (χ2v) is 5.50. The molecule has 0 spiro atoms. The summed E-state index contributed by atoms with van der Waals surface area (Å²) in [6, 6.07) is 5.55. The van der Waals surface area contributed by atoms with Crippen molar-refractivity contribution in [2.45, 2.75) is 12.8 Å². The van der Waals surface area contributed by atoms with Crippen LogP contribution in [-0.2, 0) is 0 Å². The third-order valence-electron chi connectivity index (χ3n) is 3.72. The third kappa shape index (κ3) is 3.35. The molecule has 0 aliphatic carbocycles. The molecule has 6 heteroatoms. The lowest BCUT2D eigenvalue weighted by Crippen LogP contribution is -2.32. The van der Waals surface area contributed by atoms with E-state index in [9.17, 15) is 0 Å². The number of likely N-dealkylation sites (N-methyl/N-ethyl adjacent to an activating group) is 1. The first kappa shape index (κ1) is 14.9. The minimum absolute atomic E-state index is 0.0404. The van der Waals surface area contributed by atoms with Gasteiger partial charge >= 0.3 is 0 Å². The minimum atomic E-state index is 0.0404. The maximum absolute atomic E-state index is 8.90. The van der Waals surface area contributed by atoms with Gasteiger partial charge in [0.2, 0.25) is 0 Å². The Morgan fingerprint density at radius 3 is 2.80 bits per heavy atom. The van der Waals surface area contributed by atoms with E-state index >= 15 is 0 Å². The SMILES string of the molecule is CN(CCN1CCCC1)c1cccc(Cl)c1C(N)=NO. The molecular weight excluding hydrogens is 276 g/mol. The van der Waals surface area contributed by atoms with E-state index in [-0.39, 0.29) is 5.84 Å². The van der Waals surface area contributed by atoms with Crippen LogP contribution in [0.2, 0.25) is 5.02 Å². The van der Waals surface area contributed by atoms with E-state index in [1.807, 2.05) is 19.2 Å². The number of hydrogen-bond donors (Lipinski definition) is 2. The molecule has 1 aromatic rings. The molecular formula is C14H21ClN4O. The number of amidine groups is 1. The van der Waals surface area contributed by atoms with Crippen molar-refractivity contribution in [2.24, 2.45) is 10.9 Å². The van der Waals surface area contributed by atoms with E-state index in [1.54, 1.807) is 6.07 Å². The van der Waals surface area contributed by atoms with Crippen LogP contribution >= 0.6 is 11.6 Å². The summed E-state index contributed by atoms with van der Waals surface area (Å²) in [4.78, 5) is 4.54. The molecule has 1 fully saturated rings. The fourth-order valence-corrected chi connectivity index (χ4v) is 2.82. The van der Waals surface area contributed by atoms with Crippen molar-refractivity contribution in [1.82, 2.24) is 4.90 Å². The molecule has 0 radical (unpaired) electrons. The van der Waals surface area contributed by atoms with Crippen LogP contribution in [0.4, 0.5) is 5.69 Å². The van der Waals surface area contributed by atoms with Gasteiger partial charge in [0.15, 0.2) is 5.84 Å². The normalized spacial score (nSPS) is 16.6. The molecule has 0 bridgehead atoms. The monoisotopic (exact) mass is 296 g/mol. The van der Waals surface area contributed by atoms with Gasteiger partial charge in [-0.15, -0.1) is 0 Å². The van der Waals surface area contributed by atoms with E-state index in [2.05, 4.69) is 15.0 Å². The van der Waals surface area contributed by atoms with Gasteiger partial charge < -0.3 is 20.7 Å². The molecule has 0 saturated carbocycles. The molecule has 110 valence electrons. The first-order chi connectivity index (χ1) is 9.63. The molecule has 0 atom stereocenters. The number of oxime groups is 1. The number of hydrogen-bond acceptors (Lipinski definition) is 4. The fourth-order valence-electron chi connectivity index (χ4n) is 2.55. The van der Waals surface area contributed by atoms with Crippen molar-refractivity contribution >= 4 is 23.1 Å². The van der Waals surface area contributed by atoms with Crippen LogP contribution < -0.4 is 10.6 Å². The lowest BCUT2D eigenvalue weighted by molar-refractivity contribution is 0.318. The molecule has 1 aliphatic rings. The molecule has 1 saturated heterocycles. The van der Waals surface area contributed by atoms with Crippen LogP contribution in [0.25, 0.3) is 0 Å². The van der Waals surface area contributed by atoms with Crippen LogP contribution in [0.15, 0.2) is 23.4 Å². The molecule has 0 amide bonds. The van der Waals surface area contributed by atoms with E-state index in [1.165, 1.54) is 25.9 Å². The Labute approximate surface area is 124 Å². The molecule has 1 aromatic carbocycles. The molecule has 2 rings (SSSR count). The number of rotatable bonds is 5. The highest BCUT2D eigenvalue weighted by Gasteiger charge is 2.16. The van der Waals surface area contributed by atoms with Gasteiger partial charge in [-0.3, -0.25) is 0 Å². The zero-order valence-electron chi connectivity index (χ0n) is 11.7. The Bertz CT molecular complexity index is 486. The van der Waals surface area contributed by atoms with Crippen molar-refractivity contribution in [3.63, 3.8) is 0 Å². The van der Waals surface area contributed by atoms with Gasteiger partial charge in [-0.1, -0.05) is 22.8 Å². The highest BCUT2D eigenvalue weighted by molar-refractivity contribution is 6.34. The highest BCUT2D eigenvalue weighted by atomic mass is 35.5. The standard InChI is InChI=1S/C14H21ClN4O/c1-18(9-10-19-7-2-3-8-19)12-6-4-5-11(15)13(12)14(16)17-20/h4-6,20H,2-3,7-10H2,1H3,(H2,16,17). The number of nitrogens with two attached hydrogens (primary N) is 1. The zero-order chi connectivity index (χ0) is 14.5. The average Bonchev–Trinajstić information content (AvgIpc) is 2.97. The molecule has 1 heterocycles. The largest absolute Gasteiger partial charge is 0.409 e. The van der Waals surface area contributed by atoms with Crippen molar-refractivity contribution < 1.29 is 5.21 Å². The van der Waals surface area contributed by atoms with Gasteiger partial charge in [-0.25, -0.2) is 0 Å². The Kier molecular flexibility index (Phi) is 5.09. The zero-order valence-corrected chi connectivity index (χ0v) is 12.5. The first-order valence-corrected chi connectivity index (χ1v) is 7.21. The van der Waals surface area contributed by atoms with Gasteiger partial charge in [0, 0.05) is 25.8 Å². The predicted octanol–water partition coefficient (Wildman–Crippen LogP) is 1.97. The smallest absolute Gasteiger partial charge is 0.173 e. The summed E-state index contributed by atoms with van der Waals surface area (Å²) in [6.45, 7) is 4.25. The van der Waals surface area contributed by atoms with Gasteiger partial charge in [0.1, 0.15) is 0 Å². The van der Waals surface area contributed by atoms with Crippen molar-refractivity contribution in [3.05, 3.63) is 28.8 Å². The molecule has 5 nitrogen and oxygen atoms in total. The van der Waals surface area contributed by atoms with Crippen LogP contribution in [0.1, 0.15) is 18.4 Å². The Balaban J connectivity index is 2.12. The quantitative estimate of drug-likeness (QED) is 0.377. The van der Waals surface area contributed by atoms with Gasteiger partial charge in [0.25, 0.3) is 0 Å². The van der Waals surface area contributed by atoms with Gasteiger partial charge in [0.05, 0.1) is 10.6 Å². The number of halogens is 1. The highest BCUT2D eigenvalue weighted by Crippen LogP contribution is 2.26. The predicted molar refractivity (Wildman–Crippen MR) is 82.9 cm³/mol. The molecule has 20 heavy (non-hydrogen) atoms. The van der Waals surface area contributed by atoms with E-state index < -0.39 is 0 Å². The molecule has 0 aromatic heterocycles. The van der Waals surface area contributed by atoms with Crippen LogP contribution in [0.5, 0.6) is 0 Å². The fraction of sp³-hybridized carbons (Fsp3) is 0.500. The van der Waals surface area contributed by atoms with Gasteiger partial charge in [-0.2, -0.15) is 0 Å². The van der Waals surface area contributed by atoms with E-state index in [0.717, 1.165) is 18.8 Å². The summed E-state index contributed by atoms with van der Waals surface area (Å²) < 4.78 is 0. The van der Waals surface area contributed by atoms with Crippen LogP contribution in [0.3, 0.4) is 0 Å². The molecule has 0 unspecified atom stereocenters. The molecule has 1 aliphatic heterocycles. The first-order valence-electron chi connectivity index (χ1n) is 6.83. The summed E-state index contributed by atoms with van der Waals surface area (Å²) >= 11 is 6.17. The maximum atomic E-state index is 8.90. The van der Waals surface area contributed by atoms with E-state index in [4.69, 9.17) is 22.5 Å². The van der Waals surface area contributed by atoms with Crippen molar-refractivity contribution in [1.29, 1.82) is 0 Å². The Hall–Kier alpha value is -1.46. The topological polar surface area (TPSA) is 65.1 Å². The lowest BCUT2D eigenvalue weighted by atomic mass is 10.1. The van der Waals surface area contributed by atoms with Crippen LogP contribution in [0, 0.1) is 0 Å². The summed E-state index contributed by atoms with van der Waals surface area (Å²) in [5.41, 5.74) is 7.20. The van der Waals surface area contributed by atoms with E-state index in [0.29, 0.717) is 10.6 Å². The maximum Gasteiger partial charge on any atom is 0.173 e. The Morgan fingerprint density at radius 2 is 2.15 bits per heavy atom. The summed E-state index contributed by atoms with van der Waals surface area (Å²) in [5.74, 6) is 0.0404. The molecule has 3 N–H and O–H groups in total. The number of benzene rings is 1. The summed E-state index contributed by atoms with van der Waals surface area (Å²) in [5, 5.41) is 12.5. The second-order valence-electron chi connectivity index (χ2n) is 5.09. The lowest BCUT2D eigenvalue weighted by Gasteiger charge is -2.25.